The Labute approximate surface area is 531 Å². The van der Waals surface area contributed by atoms with Crippen molar-refractivity contribution in [3.63, 3.8) is 0 Å². The summed E-state index contributed by atoms with van der Waals surface area (Å²) in [6.07, 6.45) is 3.90. The quantitative estimate of drug-likeness (QED) is 0.0429. The van der Waals surface area contributed by atoms with Crippen LogP contribution >= 0.6 is 0 Å². The molecule has 439 valence electrons. The van der Waals surface area contributed by atoms with Gasteiger partial charge in [-0.15, -0.1) is 0 Å². The molecule has 10 aromatic rings. The van der Waals surface area contributed by atoms with Gasteiger partial charge in [0.15, 0.2) is 11.4 Å². The predicted molar refractivity (Wildman–Crippen MR) is 323 cm³/mol. The summed E-state index contributed by atoms with van der Waals surface area (Å²) < 4.78 is 45.6. The average molecular weight is 1180 g/mol. The molecule has 2 N–H and O–H groups in total. The van der Waals surface area contributed by atoms with Crippen molar-refractivity contribution in [2.75, 3.05) is 13.7 Å². The summed E-state index contributed by atoms with van der Waals surface area (Å²) >= 11 is 0. The normalized spacial score (nSPS) is 9.93. The van der Waals surface area contributed by atoms with Gasteiger partial charge in [0.2, 0.25) is 17.2 Å². The number of hydrogen-bond acceptors (Lipinski definition) is 18. The smallest absolute Gasteiger partial charge is 1.00 e. The summed E-state index contributed by atoms with van der Waals surface area (Å²) in [4.78, 5) is 49.8. The maximum Gasteiger partial charge on any atom is 1.00 e. The van der Waals surface area contributed by atoms with Crippen molar-refractivity contribution in [3.05, 3.63) is 287 Å². The summed E-state index contributed by atoms with van der Waals surface area (Å²) in [6, 6.07) is 67.6. The van der Waals surface area contributed by atoms with Gasteiger partial charge in [0.1, 0.15) is 70.9 Å². The maximum atomic E-state index is 12.8. The monoisotopic (exact) mass is 1180 g/mol. The third-order valence-electron chi connectivity index (χ3n) is 11.7. The number of hydrogen-bond donors (Lipinski definition) is 2. The summed E-state index contributed by atoms with van der Waals surface area (Å²) in [6.45, 7) is 3.62. The Balaban J connectivity index is 0.000000276. The summed E-state index contributed by atoms with van der Waals surface area (Å²) in [5.74, 6) is 0.241. The van der Waals surface area contributed by atoms with Crippen LogP contribution in [0.15, 0.2) is 231 Å². The van der Waals surface area contributed by atoms with E-state index >= 15 is 0 Å². The van der Waals surface area contributed by atoms with Crippen LogP contribution in [0.4, 0.5) is 0 Å². The molecule has 0 atom stereocenters. The molecule has 87 heavy (non-hydrogen) atoms. The molecule has 0 fully saturated rings. The van der Waals surface area contributed by atoms with Crippen LogP contribution in [0.3, 0.4) is 0 Å². The minimum atomic E-state index is -0.608. The van der Waals surface area contributed by atoms with Gasteiger partial charge in [0.25, 0.3) is 17.6 Å². The van der Waals surface area contributed by atoms with Gasteiger partial charge in [-0.25, -0.2) is 24.5 Å². The average Bonchev–Trinajstić information content (AvgIpc) is 3.46. The van der Waals surface area contributed by atoms with Gasteiger partial charge in [-0.05, 0) is 45.9 Å². The van der Waals surface area contributed by atoms with E-state index in [9.17, 15) is 14.7 Å². The number of esters is 2. The summed E-state index contributed by atoms with van der Waals surface area (Å²) in [5.41, 5.74) is 7.22. The first-order valence-corrected chi connectivity index (χ1v) is 26.9. The van der Waals surface area contributed by atoms with Gasteiger partial charge in [-0.1, -0.05) is 212 Å². The molecule has 0 saturated carbocycles. The van der Waals surface area contributed by atoms with E-state index in [0.29, 0.717) is 37.1 Å². The van der Waals surface area contributed by atoms with Crippen molar-refractivity contribution in [2.24, 2.45) is 0 Å². The van der Waals surface area contributed by atoms with Crippen LogP contribution in [0.1, 0.15) is 74.0 Å². The molecule has 0 spiro atoms. The van der Waals surface area contributed by atoms with Gasteiger partial charge >= 0.3 is 41.5 Å². The van der Waals surface area contributed by atoms with Gasteiger partial charge in [0, 0.05) is 15.5 Å². The zero-order valence-corrected chi connectivity index (χ0v) is 50.5. The summed E-state index contributed by atoms with van der Waals surface area (Å²) in [5, 5.41) is 16.5. The van der Waals surface area contributed by atoms with Gasteiger partial charge in [-0.3, -0.25) is 0 Å². The predicted octanol–water partition coefficient (Wildman–Crippen LogP) is 8.27. The molecule has 0 amide bonds. The number of benzene rings is 7. The molecule has 18 nitrogen and oxygen atoms in total. The molecule has 0 bridgehead atoms. The molecule has 10 rings (SSSR count). The standard InChI is InChI=1S/C26H22N2O4.C21H20N2O4.C19H18N2O3.CH4O.B.Na.H/c29-26(32-18-22-14-8-3-9-15-22)23-24(30-16-20-10-4-1-5-11-20)25(28-19-27-23)31-17-21-12-6-2-7-13-21;1-2-25-21(24)18-19(26-13-16-9-5-3-6-10-16)20(23-15-22-18)27-14-17-11-7-4-8-12-17;22-11-17-18(23-12-15-7-3-1-4-8-15)19(21-14-20-17)24-13-16-9-5-2-6-10-16;1-2;;;/h1-15,19H,16-18H2;3-12,15H,2,13-14H2,1H3;1-10,14,22H,11-13H2;2H,1H3;;;/q;;;;;+1;-1. The number of aliphatic hydroxyl groups is 2. The van der Waals surface area contributed by atoms with Crippen molar-refractivity contribution < 1.29 is 88.7 Å². The molecule has 0 aliphatic carbocycles. The number of nitrogens with zero attached hydrogens (tertiary/aromatic N) is 6. The van der Waals surface area contributed by atoms with Crippen molar-refractivity contribution in [1.82, 2.24) is 29.9 Å². The van der Waals surface area contributed by atoms with E-state index in [4.69, 9.17) is 43.0 Å². The van der Waals surface area contributed by atoms with Crippen LogP contribution in [0.2, 0.25) is 0 Å². The van der Waals surface area contributed by atoms with Crippen LogP contribution in [0.5, 0.6) is 34.9 Å². The third kappa shape index (κ3) is 22.8. The topological polar surface area (TPSA) is 226 Å². The Morgan fingerprint density at radius 1 is 0.356 bits per heavy atom. The fraction of sp³-hybridized carbons (Fsp3) is 0.164. The van der Waals surface area contributed by atoms with Crippen LogP contribution in [0.25, 0.3) is 0 Å². The summed E-state index contributed by atoms with van der Waals surface area (Å²) in [7, 11) is 1.00. The van der Waals surface area contributed by atoms with E-state index in [1.165, 1.54) is 19.0 Å². The van der Waals surface area contributed by atoms with E-state index in [0.717, 1.165) is 46.1 Å². The van der Waals surface area contributed by atoms with Crippen LogP contribution < -0.4 is 58.0 Å². The Morgan fingerprint density at radius 2 is 0.609 bits per heavy atom. The van der Waals surface area contributed by atoms with Gasteiger partial charge < -0.3 is 49.5 Å². The Bertz CT molecular complexity index is 3530. The van der Waals surface area contributed by atoms with Gasteiger partial charge in [0.05, 0.1) is 13.2 Å². The first kappa shape index (κ1) is 68.3. The molecule has 0 aliphatic rings. The molecule has 3 aromatic heterocycles. The number of rotatable bonds is 24. The molecule has 0 aliphatic heterocycles. The third-order valence-corrected chi connectivity index (χ3v) is 11.7. The number of carbonyl (C=O) groups excluding carboxylic acids is 2. The van der Waals surface area contributed by atoms with Crippen molar-refractivity contribution in [2.45, 2.75) is 59.8 Å². The zero-order valence-electron chi connectivity index (χ0n) is 49.5. The second-order valence-corrected chi connectivity index (χ2v) is 17.8. The minimum absolute atomic E-state index is 0. The molecule has 0 unspecified atom stereocenters. The first-order valence-electron chi connectivity index (χ1n) is 26.9. The molecule has 3 heterocycles. The van der Waals surface area contributed by atoms with E-state index in [-0.39, 0.29) is 114 Å². The molecule has 20 heteroatoms. The molecular formula is C67H65BN6NaO12. The number of ether oxygens (including phenoxy) is 8. The minimum Gasteiger partial charge on any atom is -1.00 e. The SMILES string of the molecule is CCOC(=O)c1ncnc(OCc2ccccc2)c1OCc1ccccc1.CO.O=C(OCc1ccccc1)c1ncnc(OCc2ccccc2)c1OCc1ccccc1.OCc1ncnc(OCc2ccccc2)c1OCc1ccccc1.[B].[H-].[Na+]. The second kappa shape index (κ2) is 39.2. The maximum absolute atomic E-state index is 12.8. The van der Waals surface area contributed by atoms with E-state index < -0.39 is 11.9 Å². The van der Waals surface area contributed by atoms with Crippen molar-refractivity contribution >= 4 is 20.4 Å². The number of aromatic nitrogens is 6. The van der Waals surface area contributed by atoms with Crippen LogP contribution in [0, 0.1) is 0 Å². The molecular weight excluding hydrogens is 1110 g/mol. The van der Waals surface area contributed by atoms with E-state index in [1.807, 2.05) is 212 Å². The number of carbonyl (C=O) groups is 2. The van der Waals surface area contributed by atoms with Gasteiger partial charge in [-0.2, -0.15) is 15.0 Å². The molecule has 0 saturated heterocycles. The fourth-order valence-corrected chi connectivity index (χ4v) is 7.58. The van der Waals surface area contributed by atoms with E-state index in [2.05, 4.69) is 29.9 Å². The largest absolute Gasteiger partial charge is 1.00 e. The fourth-order valence-electron chi connectivity index (χ4n) is 7.58. The van der Waals surface area contributed by atoms with Crippen LogP contribution in [-0.2, 0) is 62.3 Å². The molecule has 3 radical (unpaired) electrons. The second-order valence-electron chi connectivity index (χ2n) is 17.8. The van der Waals surface area contributed by atoms with Crippen molar-refractivity contribution in [1.29, 1.82) is 0 Å². The molecule has 7 aromatic carbocycles. The Kier molecular flexibility index (Phi) is 30.8. The Hall–Kier alpha value is -9.50. The van der Waals surface area contributed by atoms with Crippen molar-refractivity contribution in [3.8, 4) is 34.9 Å². The van der Waals surface area contributed by atoms with Crippen LogP contribution in [-0.4, -0.2) is 74.2 Å². The first-order chi connectivity index (χ1) is 41.9. The zero-order chi connectivity index (χ0) is 59.5. The Morgan fingerprint density at radius 3 is 0.908 bits per heavy atom. The number of aliphatic hydroxyl groups excluding tert-OH is 2. The van der Waals surface area contributed by atoms with E-state index in [1.54, 1.807) is 6.92 Å².